The van der Waals surface area contributed by atoms with Crippen LogP contribution in [0.2, 0.25) is 10.1 Å². The minimum Gasteiger partial charge on any atom is -0.457 e. The summed E-state index contributed by atoms with van der Waals surface area (Å²) in [7, 11) is -3.07. The summed E-state index contributed by atoms with van der Waals surface area (Å²) in [6, 6.07) is 32.6. The molecule has 49 heavy (non-hydrogen) atoms. The van der Waals surface area contributed by atoms with Crippen molar-refractivity contribution in [3.8, 4) is 0 Å². The molecule has 8 nitrogen and oxygen atoms in total. The minimum atomic E-state index is -3.07. The van der Waals surface area contributed by atoms with E-state index in [-0.39, 0.29) is 22.8 Å². The van der Waals surface area contributed by atoms with Crippen LogP contribution in [0.1, 0.15) is 48.4 Å². The molecule has 0 bridgehead atoms. The van der Waals surface area contributed by atoms with Gasteiger partial charge in [0, 0.05) is 16.8 Å². The van der Waals surface area contributed by atoms with Crippen LogP contribution < -0.4 is 10.4 Å². The van der Waals surface area contributed by atoms with Crippen LogP contribution in [0.3, 0.4) is 0 Å². The fourth-order valence-corrected chi connectivity index (χ4v) is 12.7. The minimum absolute atomic E-state index is 0.0568. The number of halogens is 1. The Morgan fingerprint density at radius 3 is 1.86 bits per heavy atom. The van der Waals surface area contributed by atoms with E-state index in [0.717, 1.165) is 20.2 Å². The number of esters is 1. The average molecular weight is 716 g/mol. The topological polar surface area (TPSA) is 102 Å². The fraction of sp³-hybridized carbons (Fsp3) is 0.289. The van der Waals surface area contributed by atoms with Gasteiger partial charge in [0.15, 0.2) is 6.10 Å². The Morgan fingerprint density at radius 1 is 0.857 bits per heavy atom. The highest BCUT2D eigenvalue weighted by molar-refractivity contribution is 7.99. The summed E-state index contributed by atoms with van der Waals surface area (Å²) in [5.41, 5.74) is -0.490. The van der Waals surface area contributed by atoms with Crippen molar-refractivity contribution < 1.29 is 33.4 Å². The molecule has 0 aliphatic carbocycles. The second-order valence-corrected chi connectivity index (χ2v) is 19.1. The molecule has 0 radical (unpaired) electrons. The number of aliphatic hydroxyl groups excluding tert-OH is 1. The molecule has 0 aromatic heterocycles. The molecule has 1 fully saturated rings. The van der Waals surface area contributed by atoms with Crippen molar-refractivity contribution in [2.75, 3.05) is 6.61 Å². The maximum atomic E-state index is 13.8. The van der Waals surface area contributed by atoms with Crippen LogP contribution in [-0.4, -0.2) is 72.5 Å². The molecule has 4 aromatic rings. The van der Waals surface area contributed by atoms with E-state index in [9.17, 15) is 19.5 Å². The second-order valence-electron chi connectivity index (χ2n) is 13.2. The van der Waals surface area contributed by atoms with Gasteiger partial charge in [0.1, 0.15) is 23.7 Å². The van der Waals surface area contributed by atoms with Gasteiger partial charge in [-0.1, -0.05) is 117 Å². The molecule has 1 N–H and O–H groups in total. The number of carbonyl (C=O) groups excluding carboxylic acids is 3. The van der Waals surface area contributed by atoms with Crippen LogP contribution in [0.15, 0.2) is 114 Å². The Labute approximate surface area is 296 Å². The van der Waals surface area contributed by atoms with Gasteiger partial charge in [-0.15, -0.1) is 0 Å². The molecule has 5 atom stereocenters. The fourth-order valence-electron chi connectivity index (χ4n) is 6.83. The highest BCUT2D eigenvalue weighted by Gasteiger charge is 2.57. The van der Waals surface area contributed by atoms with Crippen molar-refractivity contribution in [2.24, 2.45) is 0 Å². The zero-order chi connectivity index (χ0) is 34.9. The molecule has 4 aromatic carbocycles. The zero-order valence-electron chi connectivity index (χ0n) is 27.6. The Bertz CT molecular complexity index is 1750. The smallest absolute Gasteiger partial charge is 0.303 e. The van der Waals surface area contributed by atoms with Gasteiger partial charge in [-0.2, -0.15) is 0 Å². The lowest BCUT2D eigenvalue weighted by Gasteiger charge is -2.48. The van der Waals surface area contributed by atoms with Crippen LogP contribution in [0, 0.1) is 0 Å². The number of aliphatic hydroxyl groups is 1. The number of ether oxygens (including phenoxy) is 2. The van der Waals surface area contributed by atoms with Crippen LogP contribution in [0.25, 0.3) is 0 Å². The first-order chi connectivity index (χ1) is 23.4. The Kier molecular flexibility index (Phi) is 10.2. The van der Waals surface area contributed by atoms with Gasteiger partial charge in [0.25, 0.3) is 20.1 Å². The Morgan fingerprint density at radius 2 is 1.37 bits per heavy atom. The second kappa shape index (κ2) is 14.2. The van der Waals surface area contributed by atoms with Crippen molar-refractivity contribution in [1.82, 2.24) is 4.90 Å². The number of rotatable bonds is 9. The maximum absolute atomic E-state index is 13.8. The molecule has 2 heterocycles. The predicted molar refractivity (Wildman–Crippen MR) is 192 cm³/mol. The molecule has 254 valence electrons. The van der Waals surface area contributed by atoms with Gasteiger partial charge in [0.2, 0.25) is 0 Å². The van der Waals surface area contributed by atoms with Gasteiger partial charge in [-0.3, -0.25) is 19.3 Å². The number of carbonyl (C=O) groups is 3. The van der Waals surface area contributed by atoms with E-state index in [1.807, 2.05) is 36.4 Å². The van der Waals surface area contributed by atoms with Gasteiger partial charge in [0.05, 0.1) is 17.7 Å². The number of imide groups is 1. The first-order valence-electron chi connectivity index (χ1n) is 16.1. The van der Waals surface area contributed by atoms with E-state index in [1.54, 1.807) is 48.5 Å². The van der Waals surface area contributed by atoms with E-state index in [1.165, 1.54) is 18.7 Å². The highest BCUT2D eigenvalue weighted by atomic mass is 35.5. The number of thioether (sulfide) groups is 1. The van der Waals surface area contributed by atoms with Crippen molar-refractivity contribution in [3.05, 3.63) is 125 Å². The summed E-state index contributed by atoms with van der Waals surface area (Å²) in [6.45, 7) is 7.62. The third-order valence-electron chi connectivity index (χ3n) is 9.01. The van der Waals surface area contributed by atoms with Crippen LogP contribution >= 0.6 is 23.4 Å². The summed E-state index contributed by atoms with van der Waals surface area (Å²) < 4.78 is 19.6. The standard InChI is InChI=1S/C38H38ClNO7SSi/c1-24(41)46-34-32(40-35(43)29-17-11-12-18-30(29)36(40)44)37(48-26-21-19-25(39)20-22-26)47-31(33(34)42)23-45-49(38(2,3)4,27-13-7-5-8-14-27)28-15-9-6-10-16-28/h5-22,31-34,37,42H,23H2,1-4H3/t31-,32-,33-,34-,37+/m1/s1. The van der Waals surface area contributed by atoms with E-state index in [0.29, 0.717) is 5.02 Å². The number of hydrogen-bond donors (Lipinski definition) is 1. The van der Waals surface area contributed by atoms with Crippen LogP contribution in [0.4, 0.5) is 0 Å². The maximum Gasteiger partial charge on any atom is 0.303 e. The molecule has 2 amide bonds. The normalized spacial score (nSPS) is 22.6. The molecule has 0 spiro atoms. The van der Waals surface area contributed by atoms with Crippen LogP contribution in [-0.2, 0) is 18.7 Å². The lowest BCUT2D eigenvalue weighted by atomic mass is 9.96. The first kappa shape index (κ1) is 35.1. The van der Waals surface area contributed by atoms with E-state index in [2.05, 4.69) is 45.0 Å². The lowest BCUT2D eigenvalue weighted by molar-refractivity contribution is -0.200. The summed E-state index contributed by atoms with van der Waals surface area (Å²) in [5.74, 6) is -1.78. The van der Waals surface area contributed by atoms with Gasteiger partial charge in [-0.05, 0) is 51.8 Å². The van der Waals surface area contributed by atoms with Crippen molar-refractivity contribution in [3.63, 3.8) is 0 Å². The molecule has 0 saturated carbocycles. The van der Waals surface area contributed by atoms with Crippen molar-refractivity contribution >= 4 is 59.8 Å². The first-order valence-corrected chi connectivity index (χ1v) is 19.2. The van der Waals surface area contributed by atoms with Crippen molar-refractivity contribution in [1.29, 1.82) is 0 Å². The predicted octanol–water partition coefficient (Wildman–Crippen LogP) is 5.69. The SMILES string of the molecule is CC(=O)O[C@H]1[C@H](O)[C@@H](CO[Si](c2ccccc2)(c2ccccc2)C(C)(C)C)O[C@@H](Sc2ccc(Cl)cc2)[C@@H]1N1C(=O)c2ccccc2C1=O. The Balaban J connectivity index is 1.42. The number of amides is 2. The van der Waals surface area contributed by atoms with Gasteiger partial charge in [-0.25, -0.2) is 0 Å². The molecular formula is C38H38ClNO7SSi. The summed E-state index contributed by atoms with van der Waals surface area (Å²) >= 11 is 7.43. The number of nitrogens with zero attached hydrogens (tertiary/aromatic N) is 1. The van der Waals surface area contributed by atoms with Crippen LogP contribution in [0.5, 0.6) is 0 Å². The molecule has 0 unspecified atom stereocenters. The van der Waals surface area contributed by atoms with Gasteiger partial charge < -0.3 is 19.0 Å². The molecule has 11 heteroatoms. The summed E-state index contributed by atoms with van der Waals surface area (Å²) in [5, 5.41) is 14.3. The van der Waals surface area contributed by atoms with Crippen molar-refractivity contribution in [2.45, 2.75) is 67.4 Å². The number of benzene rings is 4. The summed E-state index contributed by atoms with van der Waals surface area (Å²) in [4.78, 5) is 42.1. The lowest BCUT2D eigenvalue weighted by Crippen LogP contribution is -2.69. The molecule has 6 rings (SSSR count). The summed E-state index contributed by atoms with van der Waals surface area (Å²) in [6.07, 6.45) is -3.76. The van der Waals surface area contributed by atoms with E-state index in [4.69, 9.17) is 25.5 Å². The van der Waals surface area contributed by atoms with E-state index < -0.39 is 55.9 Å². The number of hydrogen-bond acceptors (Lipinski definition) is 8. The van der Waals surface area contributed by atoms with E-state index >= 15 is 0 Å². The third-order valence-corrected chi connectivity index (χ3v) is 15.4. The molecular weight excluding hydrogens is 678 g/mol. The molecule has 2 aliphatic heterocycles. The highest BCUT2D eigenvalue weighted by Crippen LogP contribution is 2.42. The Hall–Kier alpha value is -3.77. The monoisotopic (exact) mass is 715 g/mol. The average Bonchev–Trinajstić information content (AvgIpc) is 3.33. The molecule has 1 saturated heterocycles. The largest absolute Gasteiger partial charge is 0.457 e. The zero-order valence-corrected chi connectivity index (χ0v) is 30.2. The quantitative estimate of drug-likeness (QED) is 0.134. The molecule has 2 aliphatic rings. The third kappa shape index (κ3) is 6.73. The van der Waals surface area contributed by atoms with Gasteiger partial charge >= 0.3 is 5.97 Å². The number of fused-ring (bicyclic) bond motifs is 1.